The molecule has 0 unspecified atom stereocenters. The van der Waals surface area contributed by atoms with Crippen LogP contribution in [0.4, 0.5) is 5.69 Å². The van der Waals surface area contributed by atoms with Crippen LogP contribution in [0.3, 0.4) is 0 Å². The van der Waals surface area contributed by atoms with E-state index in [1.54, 1.807) is 48.5 Å². The summed E-state index contributed by atoms with van der Waals surface area (Å²) in [5, 5.41) is 8.63. The standard InChI is InChI=1S/C26H27N3O4S/c1-2-32-16-17-33-23-14-10-21(11-15-23)25(31)29-26(34)28-22-12-8-20(9-13-22)24(30)27-18-19-6-4-3-5-7-19/h3-15H,2,16-18H2,1H3,(H,27,30)(H2,28,29,31,34). The highest BCUT2D eigenvalue weighted by Crippen LogP contribution is 2.13. The first-order valence-corrected chi connectivity index (χ1v) is 11.3. The van der Waals surface area contributed by atoms with E-state index in [-0.39, 0.29) is 16.9 Å². The molecule has 3 N–H and O–H groups in total. The monoisotopic (exact) mass is 477 g/mol. The molecule has 0 bridgehead atoms. The fourth-order valence-corrected chi connectivity index (χ4v) is 3.20. The number of hydrogen-bond acceptors (Lipinski definition) is 5. The van der Waals surface area contributed by atoms with Crippen molar-refractivity contribution >= 4 is 34.8 Å². The van der Waals surface area contributed by atoms with Crippen molar-refractivity contribution in [2.45, 2.75) is 13.5 Å². The average Bonchev–Trinajstić information content (AvgIpc) is 2.86. The number of carbonyl (C=O) groups excluding carboxylic acids is 2. The van der Waals surface area contributed by atoms with Gasteiger partial charge in [0.15, 0.2) is 5.11 Å². The van der Waals surface area contributed by atoms with Crippen molar-refractivity contribution in [1.82, 2.24) is 10.6 Å². The quantitative estimate of drug-likeness (QED) is 0.300. The minimum absolute atomic E-state index is 0.156. The van der Waals surface area contributed by atoms with Crippen molar-refractivity contribution in [3.05, 3.63) is 95.6 Å². The van der Waals surface area contributed by atoms with Crippen LogP contribution in [0.1, 0.15) is 33.2 Å². The Morgan fingerprint density at radius 3 is 2.15 bits per heavy atom. The maximum absolute atomic E-state index is 12.4. The first kappa shape index (κ1) is 24.9. The van der Waals surface area contributed by atoms with Gasteiger partial charge in [0.2, 0.25) is 0 Å². The van der Waals surface area contributed by atoms with Gasteiger partial charge in [-0.3, -0.25) is 14.9 Å². The van der Waals surface area contributed by atoms with Crippen molar-refractivity contribution in [1.29, 1.82) is 0 Å². The van der Waals surface area contributed by atoms with Crippen LogP contribution in [0, 0.1) is 0 Å². The summed E-state index contributed by atoms with van der Waals surface area (Å²) in [5.41, 5.74) is 2.66. The summed E-state index contributed by atoms with van der Waals surface area (Å²) in [7, 11) is 0. The van der Waals surface area contributed by atoms with Gasteiger partial charge in [0.25, 0.3) is 11.8 Å². The molecule has 3 rings (SSSR count). The molecule has 0 atom stereocenters. The van der Waals surface area contributed by atoms with Gasteiger partial charge in [-0.2, -0.15) is 0 Å². The summed E-state index contributed by atoms with van der Waals surface area (Å²) < 4.78 is 10.8. The molecule has 3 aromatic rings. The van der Waals surface area contributed by atoms with Crippen molar-refractivity contribution in [3.63, 3.8) is 0 Å². The predicted molar refractivity (Wildman–Crippen MR) is 136 cm³/mol. The number of ether oxygens (including phenoxy) is 2. The van der Waals surface area contributed by atoms with Crippen LogP contribution in [0.2, 0.25) is 0 Å². The third-order valence-corrected chi connectivity index (χ3v) is 4.95. The van der Waals surface area contributed by atoms with Gasteiger partial charge < -0.3 is 20.1 Å². The van der Waals surface area contributed by atoms with Crippen molar-refractivity contribution in [3.8, 4) is 5.75 Å². The molecular weight excluding hydrogens is 450 g/mol. The number of thiocarbonyl (C=S) groups is 1. The number of anilines is 1. The lowest BCUT2D eigenvalue weighted by atomic mass is 10.1. The summed E-state index contributed by atoms with van der Waals surface area (Å²) in [5.74, 6) is 0.150. The van der Waals surface area contributed by atoms with Crippen LogP contribution < -0.4 is 20.7 Å². The van der Waals surface area contributed by atoms with Gasteiger partial charge in [0, 0.05) is 30.0 Å². The molecule has 0 radical (unpaired) electrons. The molecule has 34 heavy (non-hydrogen) atoms. The van der Waals surface area contributed by atoms with Crippen LogP contribution >= 0.6 is 12.2 Å². The zero-order chi connectivity index (χ0) is 24.2. The first-order valence-electron chi connectivity index (χ1n) is 10.9. The molecule has 0 aliphatic heterocycles. The Labute approximate surface area is 204 Å². The van der Waals surface area contributed by atoms with Crippen LogP contribution in [-0.4, -0.2) is 36.7 Å². The van der Waals surface area contributed by atoms with E-state index in [1.165, 1.54) is 0 Å². The molecule has 0 aliphatic rings. The number of benzene rings is 3. The zero-order valence-corrected chi connectivity index (χ0v) is 19.7. The van der Waals surface area contributed by atoms with E-state index in [1.807, 2.05) is 37.3 Å². The lowest BCUT2D eigenvalue weighted by Gasteiger charge is -2.11. The Morgan fingerprint density at radius 1 is 0.824 bits per heavy atom. The number of rotatable bonds is 10. The second-order valence-electron chi connectivity index (χ2n) is 7.22. The maximum Gasteiger partial charge on any atom is 0.257 e. The Bertz CT molecular complexity index is 1090. The van der Waals surface area contributed by atoms with Gasteiger partial charge in [-0.25, -0.2) is 0 Å². The molecule has 3 aromatic carbocycles. The fourth-order valence-electron chi connectivity index (χ4n) is 2.99. The topological polar surface area (TPSA) is 88.7 Å². The number of hydrogen-bond donors (Lipinski definition) is 3. The molecule has 7 nitrogen and oxygen atoms in total. The molecular formula is C26H27N3O4S. The van der Waals surface area contributed by atoms with E-state index in [4.69, 9.17) is 21.7 Å². The predicted octanol–water partition coefficient (Wildman–Crippen LogP) is 4.16. The van der Waals surface area contributed by atoms with Crippen LogP contribution in [0.15, 0.2) is 78.9 Å². The minimum Gasteiger partial charge on any atom is -0.491 e. The van der Waals surface area contributed by atoms with E-state index in [9.17, 15) is 9.59 Å². The fraction of sp³-hybridized carbons (Fsp3) is 0.192. The highest BCUT2D eigenvalue weighted by Gasteiger charge is 2.10. The largest absolute Gasteiger partial charge is 0.491 e. The van der Waals surface area contributed by atoms with Gasteiger partial charge in [0.1, 0.15) is 12.4 Å². The highest BCUT2D eigenvalue weighted by molar-refractivity contribution is 7.80. The van der Waals surface area contributed by atoms with Crippen LogP contribution in [0.5, 0.6) is 5.75 Å². The molecule has 0 aromatic heterocycles. The highest BCUT2D eigenvalue weighted by atomic mass is 32.1. The van der Waals surface area contributed by atoms with Crippen molar-refractivity contribution in [2.75, 3.05) is 25.1 Å². The Balaban J connectivity index is 1.45. The third-order valence-electron chi connectivity index (χ3n) is 4.74. The minimum atomic E-state index is -0.338. The SMILES string of the molecule is CCOCCOc1ccc(C(=O)NC(=S)Nc2ccc(C(=O)NCc3ccccc3)cc2)cc1. The van der Waals surface area contributed by atoms with E-state index >= 15 is 0 Å². The average molecular weight is 478 g/mol. The molecule has 8 heteroatoms. The van der Waals surface area contributed by atoms with E-state index in [0.717, 1.165) is 5.56 Å². The van der Waals surface area contributed by atoms with Crippen molar-refractivity contribution in [2.24, 2.45) is 0 Å². The van der Waals surface area contributed by atoms with Crippen LogP contribution in [0.25, 0.3) is 0 Å². The molecule has 0 spiro atoms. The molecule has 0 saturated heterocycles. The first-order chi connectivity index (χ1) is 16.5. The number of nitrogens with one attached hydrogen (secondary N) is 3. The van der Waals surface area contributed by atoms with Gasteiger partial charge in [-0.15, -0.1) is 0 Å². The second-order valence-corrected chi connectivity index (χ2v) is 7.63. The Kier molecular flexibility index (Phi) is 9.57. The summed E-state index contributed by atoms with van der Waals surface area (Å²) in [6.07, 6.45) is 0. The molecule has 0 aliphatic carbocycles. The summed E-state index contributed by atoms with van der Waals surface area (Å²) >= 11 is 5.24. The van der Waals surface area contributed by atoms with E-state index < -0.39 is 0 Å². The van der Waals surface area contributed by atoms with E-state index in [0.29, 0.717) is 48.9 Å². The Hall–Kier alpha value is -3.75. The van der Waals surface area contributed by atoms with Gasteiger partial charge in [0.05, 0.1) is 6.61 Å². The lowest BCUT2D eigenvalue weighted by molar-refractivity contribution is 0.0948. The molecule has 176 valence electrons. The Morgan fingerprint density at radius 2 is 1.47 bits per heavy atom. The third kappa shape index (κ3) is 7.99. The van der Waals surface area contributed by atoms with Gasteiger partial charge >= 0.3 is 0 Å². The number of carbonyl (C=O) groups is 2. The molecule has 0 fully saturated rings. The zero-order valence-electron chi connectivity index (χ0n) is 18.9. The smallest absolute Gasteiger partial charge is 0.257 e. The normalized spacial score (nSPS) is 10.3. The molecule has 2 amide bonds. The summed E-state index contributed by atoms with van der Waals surface area (Å²) in [6, 6.07) is 23.3. The molecule has 0 heterocycles. The van der Waals surface area contributed by atoms with Gasteiger partial charge in [-0.05, 0) is 73.2 Å². The van der Waals surface area contributed by atoms with E-state index in [2.05, 4.69) is 16.0 Å². The van der Waals surface area contributed by atoms with Crippen molar-refractivity contribution < 1.29 is 19.1 Å². The second kappa shape index (κ2) is 13.1. The van der Waals surface area contributed by atoms with Gasteiger partial charge in [-0.1, -0.05) is 30.3 Å². The summed E-state index contributed by atoms with van der Waals surface area (Å²) in [6.45, 7) is 3.98. The molecule has 0 saturated carbocycles. The maximum atomic E-state index is 12.4. The van der Waals surface area contributed by atoms with Crippen LogP contribution in [-0.2, 0) is 11.3 Å². The summed E-state index contributed by atoms with van der Waals surface area (Å²) in [4.78, 5) is 24.8. The lowest BCUT2D eigenvalue weighted by Crippen LogP contribution is -2.34. The number of amides is 2.